The molecular formula is C11H13N3O. The van der Waals surface area contributed by atoms with Gasteiger partial charge in [0.15, 0.2) is 5.82 Å². The van der Waals surface area contributed by atoms with Gasteiger partial charge in [-0.3, -0.25) is 0 Å². The molecule has 2 heterocycles. The van der Waals surface area contributed by atoms with Crippen molar-refractivity contribution in [1.82, 2.24) is 14.8 Å². The molecule has 0 N–H and O–H groups in total. The van der Waals surface area contributed by atoms with Crippen LogP contribution in [-0.2, 0) is 11.3 Å². The van der Waals surface area contributed by atoms with Crippen molar-refractivity contribution in [2.45, 2.75) is 13.5 Å². The van der Waals surface area contributed by atoms with Crippen LogP contribution >= 0.6 is 0 Å². The van der Waals surface area contributed by atoms with Crippen molar-refractivity contribution < 1.29 is 4.74 Å². The average Bonchev–Trinajstić information content (AvgIpc) is 2.67. The van der Waals surface area contributed by atoms with Gasteiger partial charge in [-0.1, -0.05) is 0 Å². The van der Waals surface area contributed by atoms with E-state index in [0.29, 0.717) is 6.61 Å². The van der Waals surface area contributed by atoms with Gasteiger partial charge in [0.2, 0.25) is 0 Å². The Kier molecular flexibility index (Phi) is 2.78. The summed E-state index contributed by atoms with van der Waals surface area (Å²) >= 11 is 0. The quantitative estimate of drug-likeness (QED) is 0.762. The Labute approximate surface area is 88.5 Å². The highest BCUT2D eigenvalue weighted by Crippen LogP contribution is 2.06. The van der Waals surface area contributed by atoms with E-state index in [9.17, 15) is 0 Å². The van der Waals surface area contributed by atoms with Crippen LogP contribution in [0.1, 0.15) is 11.3 Å². The maximum absolute atomic E-state index is 5.00. The zero-order valence-corrected chi connectivity index (χ0v) is 8.84. The van der Waals surface area contributed by atoms with E-state index < -0.39 is 0 Å². The van der Waals surface area contributed by atoms with Crippen LogP contribution in [0.2, 0.25) is 0 Å². The molecule has 4 nitrogen and oxygen atoms in total. The van der Waals surface area contributed by atoms with Crippen LogP contribution < -0.4 is 0 Å². The molecule has 2 rings (SSSR count). The smallest absolute Gasteiger partial charge is 0.153 e. The number of rotatable bonds is 3. The van der Waals surface area contributed by atoms with Crippen molar-refractivity contribution >= 4 is 0 Å². The third-order valence-electron chi connectivity index (χ3n) is 2.07. The maximum Gasteiger partial charge on any atom is 0.153 e. The highest BCUT2D eigenvalue weighted by atomic mass is 16.5. The van der Waals surface area contributed by atoms with Gasteiger partial charge in [0.1, 0.15) is 0 Å². The summed E-state index contributed by atoms with van der Waals surface area (Å²) in [4.78, 5) is 4.24. The van der Waals surface area contributed by atoms with Gasteiger partial charge in [-0.15, -0.1) is 0 Å². The standard InChI is InChI=1S/C11H13N3O/c1-9-3-5-12-11(7-9)14-6-4-10(13-14)8-15-2/h3-7H,8H2,1-2H3. The minimum absolute atomic E-state index is 0.527. The summed E-state index contributed by atoms with van der Waals surface area (Å²) < 4.78 is 6.76. The molecule has 0 amide bonds. The monoisotopic (exact) mass is 203 g/mol. The van der Waals surface area contributed by atoms with Gasteiger partial charge >= 0.3 is 0 Å². The number of methoxy groups -OCH3 is 1. The molecule has 2 aromatic heterocycles. The third-order valence-corrected chi connectivity index (χ3v) is 2.07. The molecular weight excluding hydrogens is 190 g/mol. The maximum atomic E-state index is 5.00. The second-order valence-electron chi connectivity index (χ2n) is 3.38. The first-order valence-electron chi connectivity index (χ1n) is 4.76. The number of pyridine rings is 1. The summed E-state index contributed by atoms with van der Waals surface area (Å²) in [6.07, 6.45) is 3.67. The van der Waals surface area contributed by atoms with E-state index in [1.54, 1.807) is 18.0 Å². The highest BCUT2D eigenvalue weighted by molar-refractivity contribution is 5.26. The summed E-state index contributed by atoms with van der Waals surface area (Å²) in [6.45, 7) is 2.56. The molecule has 0 radical (unpaired) electrons. The number of hydrogen-bond acceptors (Lipinski definition) is 3. The number of hydrogen-bond donors (Lipinski definition) is 0. The van der Waals surface area contributed by atoms with E-state index in [0.717, 1.165) is 11.5 Å². The van der Waals surface area contributed by atoms with Crippen molar-refractivity contribution in [3.63, 3.8) is 0 Å². The van der Waals surface area contributed by atoms with Crippen LogP contribution in [-0.4, -0.2) is 21.9 Å². The Morgan fingerprint density at radius 1 is 1.40 bits per heavy atom. The predicted octanol–water partition coefficient (Wildman–Crippen LogP) is 1.72. The van der Waals surface area contributed by atoms with E-state index >= 15 is 0 Å². The van der Waals surface area contributed by atoms with Gasteiger partial charge in [-0.05, 0) is 30.7 Å². The summed E-state index contributed by atoms with van der Waals surface area (Å²) in [5, 5.41) is 4.34. The summed E-state index contributed by atoms with van der Waals surface area (Å²) in [5.74, 6) is 0.831. The molecule has 0 atom stereocenters. The lowest BCUT2D eigenvalue weighted by atomic mass is 10.3. The molecule has 0 spiro atoms. The Morgan fingerprint density at radius 3 is 3.00 bits per heavy atom. The SMILES string of the molecule is COCc1ccn(-c2cc(C)ccn2)n1. The number of aromatic nitrogens is 3. The normalized spacial score (nSPS) is 10.5. The molecule has 0 bridgehead atoms. The predicted molar refractivity (Wildman–Crippen MR) is 56.8 cm³/mol. The lowest BCUT2D eigenvalue weighted by Crippen LogP contribution is -1.99. The van der Waals surface area contributed by atoms with E-state index in [4.69, 9.17) is 4.74 Å². The summed E-state index contributed by atoms with van der Waals surface area (Å²) in [7, 11) is 1.66. The topological polar surface area (TPSA) is 39.9 Å². The van der Waals surface area contributed by atoms with Gasteiger partial charge in [0, 0.05) is 19.5 Å². The number of nitrogens with zero attached hydrogens (tertiary/aromatic N) is 3. The third kappa shape index (κ3) is 2.22. The van der Waals surface area contributed by atoms with Crippen molar-refractivity contribution in [1.29, 1.82) is 0 Å². The van der Waals surface area contributed by atoms with Gasteiger partial charge < -0.3 is 4.74 Å². The van der Waals surface area contributed by atoms with Crippen molar-refractivity contribution in [2.75, 3.05) is 7.11 Å². The fraction of sp³-hybridized carbons (Fsp3) is 0.273. The van der Waals surface area contributed by atoms with Crippen LogP contribution in [0, 0.1) is 6.92 Å². The molecule has 0 unspecified atom stereocenters. The minimum Gasteiger partial charge on any atom is -0.378 e. The van der Waals surface area contributed by atoms with Crippen LogP contribution in [0.15, 0.2) is 30.6 Å². The Morgan fingerprint density at radius 2 is 2.27 bits per heavy atom. The van der Waals surface area contributed by atoms with Gasteiger partial charge in [-0.25, -0.2) is 9.67 Å². The van der Waals surface area contributed by atoms with Crippen LogP contribution in [0.3, 0.4) is 0 Å². The van der Waals surface area contributed by atoms with Crippen LogP contribution in [0.5, 0.6) is 0 Å². The summed E-state index contributed by atoms with van der Waals surface area (Å²) in [5.41, 5.74) is 2.07. The Hall–Kier alpha value is -1.68. The fourth-order valence-corrected chi connectivity index (χ4v) is 1.36. The average molecular weight is 203 g/mol. The molecule has 0 fully saturated rings. The largest absolute Gasteiger partial charge is 0.378 e. The zero-order valence-electron chi connectivity index (χ0n) is 8.84. The molecule has 0 saturated carbocycles. The van der Waals surface area contributed by atoms with Gasteiger partial charge in [0.25, 0.3) is 0 Å². The van der Waals surface area contributed by atoms with Crippen LogP contribution in [0.4, 0.5) is 0 Å². The molecule has 2 aromatic rings. The molecule has 0 aliphatic rings. The van der Waals surface area contributed by atoms with Crippen LogP contribution in [0.25, 0.3) is 5.82 Å². The highest BCUT2D eigenvalue weighted by Gasteiger charge is 2.01. The lowest BCUT2D eigenvalue weighted by Gasteiger charge is -2.00. The number of ether oxygens (including phenoxy) is 1. The molecule has 4 heteroatoms. The molecule has 0 aliphatic carbocycles. The van der Waals surface area contributed by atoms with E-state index in [1.807, 2.05) is 31.3 Å². The second-order valence-corrected chi connectivity index (χ2v) is 3.38. The molecule has 0 aliphatic heterocycles. The molecule has 15 heavy (non-hydrogen) atoms. The first-order valence-corrected chi connectivity index (χ1v) is 4.76. The molecule has 0 saturated heterocycles. The van der Waals surface area contributed by atoms with Crippen molar-refractivity contribution in [2.24, 2.45) is 0 Å². The Bertz CT molecular complexity index is 451. The van der Waals surface area contributed by atoms with E-state index in [-0.39, 0.29) is 0 Å². The van der Waals surface area contributed by atoms with Gasteiger partial charge in [0.05, 0.1) is 12.3 Å². The fourth-order valence-electron chi connectivity index (χ4n) is 1.36. The zero-order chi connectivity index (χ0) is 10.7. The van der Waals surface area contributed by atoms with Crippen molar-refractivity contribution in [3.8, 4) is 5.82 Å². The lowest BCUT2D eigenvalue weighted by molar-refractivity contribution is 0.181. The van der Waals surface area contributed by atoms with Gasteiger partial charge in [-0.2, -0.15) is 5.10 Å². The summed E-state index contributed by atoms with van der Waals surface area (Å²) in [6, 6.07) is 5.88. The molecule has 0 aromatic carbocycles. The first-order chi connectivity index (χ1) is 7.29. The second kappa shape index (κ2) is 4.23. The first kappa shape index (κ1) is 9.86. The van der Waals surface area contributed by atoms with E-state index in [1.165, 1.54) is 5.56 Å². The molecule has 78 valence electrons. The number of aryl methyl sites for hydroxylation is 1. The van der Waals surface area contributed by atoms with E-state index in [2.05, 4.69) is 10.1 Å². The van der Waals surface area contributed by atoms with Crippen molar-refractivity contribution in [3.05, 3.63) is 41.9 Å². The minimum atomic E-state index is 0.527. The Balaban J connectivity index is 2.29.